The van der Waals surface area contributed by atoms with Gasteiger partial charge in [-0.15, -0.1) is 16.8 Å². The normalized spacial score (nSPS) is 12.8. The number of aryl methyl sites for hydroxylation is 2. The molecular formula is C24H25FN4O2S. The summed E-state index contributed by atoms with van der Waals surface area (Å²) in [4.78, 5) is 12.2. The van der Waals surface area contributed by atoms with Crippen molar-refractivity contribution >= 4 is 23.4 Å². The third kappa shape index (κ3) is 5.56. The molecule has 0 radical (unpaired) electrons. The van der Waals surface area contributed by atoms with Crippen molar-refractivity contribution < 1.29 is 13.9 Å². The van der Waals surface area contributed by atoms with Crippen LogP contribution in [0.4, 0.5) is 10.1 Å². The smallest absolute Gasteiger partial charge is 0.234 e. The number of aromatic nitrogens is 3. The number of ether oxygens (including phenoxy) is 1. The Kier molecular flexibility index (Phi) is 7.21. The first-order valence-electron chi connectivity index (χ1n) is 10.6. The van der Waals surface area contributed by atoms with E-state index in [0.29, 0.717) is 23.2 Å². The molecule has 1 aliphatic rings. The van der Waals surface area contributed by atoms with Gasteiger partial charge in [0.2, 0.25) is 5.91 Å². The van der Waals surface area contributed by atoms with Gasteiger partial charge in [-0.3, -0.25) is 9.36 Å². The number of anilines is 1. The van der Waals surface area contributed by atoms with Crippen LogP contribution in [0, 0.1) is 5.82 Å². The predicted octanol–water partition coefficient (Wildman–Crippen LogP) is 4.79. The number of nitrogens with one attached hydrogen (secondary N) is 1. The molecular weight excluding hydrogens is 427 g/mol. The number of halogens is 1. The van der Waals surface area contributed by atoms with Crippen LogP contribution in [0.2, 0.25) is 0 Å². The van der Waals surface area contributed by atoms with E-state index in [-0.39, 0.29) is 24.1 Å². The van der Waals surface area contributed by atoms with Crippen molar-refractivity contribution in [1.82, 2.24) is 14.8 Å². The number of fused-ring (bicyclic) bond motifs is 1. The quantitative estimate of drug-likeness (QED) is 0.373. The van der Waals surface area contributed by atoms with Gasteiger partial charge < -0.3 is 10.1 Å². The predicted molar refractivity (Wildman–Crippen MR) is 123 cm³/mol. The molecule has 1 heterocycles. The zero-order valence-electron chi connectivity index (χ0n) is 17.7. The molecule has 4 rings (SSSR count). The van der Waals surface area contributed by atoms with Gasteiger partial charge in [-0.2, -0.15) is 0 Å². The molecule has 1 amide bonds. The molecule has 0 spiro atoms. The van der Waals surface area contributed by atoms with Gasteiger partial charge in [0.05, 0.1) is 5.75 Å². The molecule has 3 aromatic rings. The minimum Gasteiger partial charge on any atom is -0.486 e. The SMILES string of the molecule is C=CCn1c(COc2ccc3c(c2)CCCC3)nnc1SCC(=O)Nc1ccc(F)cc1. The van der Waals surface area contributed by atoms with Gasteiger partial charge in [-0.1, -0.05) is 23.9 Å². The number of carbonyl (C=O) groups is 1. The van der Waals surface area contributed by atoms with Gasteiger partial charge in [-0.05, 0) is 73.2 Å². The van der Waals surface area contributed by atoms with Crippen LogP contribution in [-0.2, 0) is 30.8 Å². The highest BCUT2D eigenvalue weighted by Gasteiger charge is 2.15. The number of benzene rings is 2. The topological polar surface area (TPSA) is 69.0 Å². The Bertz CT molecular complexity index is 1100. The Labute approximate surface area is 190 Å². The molecule has 32 heavy (non-hydrogen) atoms. The van der Waals surface area contributed by atoms with E-state index >= 15 is 0 Å². The number of rotatable bonds is 9. The third-order valence-electron chi connectivity index (χ3n) is 5.25. The summed E-state index contributed by atoms with van der Waals surface area (Å²) in [5, 5.41) is 11.8. The molecule has 6 nitrogen and oxygen atoms in total. The van der Waals surface area contributed by atoms with Gasteiger partial charge in [0.1, 0.15) is 18.2 Å². The average molecular weight is 453 g/mol. The lowest BCUT2D eigenvalue weighted by Crippen LogP contribution is -2.15. The molecule has 1 aromatic heterocycles. The van der Waals surface area contributed by atoms with Crippen LogP contribution in [0.15, 0.2) is 60.3 Å². The number of hydrogen-bond donors (Lipinski definition) is 1. The molecule has 0 unspecified atom stereocenters. The van der Waals surface area contributed by atoms with Gasteiger partial charge in [-0.25, -0.2) is 4.39 Å². The van der Waals surface area contributed by atoms with Gasteiger partial charge in [0, 0.05) is 12.2 Å². The summed E-state index contributed by atoms with van der Waals surface area (Å²) in [6.07, 6.45) is 6.46. The fourth-order valence-corrected chi connectivity index (χ4v) is 4.42. The first-order chi connectivity index (χ1) is 15.6. The van der Waals surface area contributed by atoms with Crippen molar-refractivity contribution in [3.8, 4) is 5.75 Å². The second-order valence-corrected chi connectivity index (χ2v) is 8.51. The molecule has 166 valence electrons. The first kappa shape index (κ1) is 22.1. The van der Waals surface area contributed by atoms with E-state index in [1.165, 1.54) is 60.0 Å². The number of nitrogens with zero attached hydrogens (tertiary/aromatic N) is 3. The Morgan fingerprint density at radius 2 is 1.94 bits per heavy atom. The van der Waals surface area contributed by atoms with Crippen LogP contribution in [-0.4, -0.2) is 26.4 Å². The summed E-state index contributed by atoms with van der Waals surface area (Å²) < 4.78 is 20.9. The highest BCUT2D eigenvalue weighted by molar-refractivity contribution is 7.99. The van der Waals surface area contributed by atoms with E-state index in [0.717, 1.165) is 18.6 Å². The maximum Gasteiger partial charge on any atom is 0.234 e. The standard InChI is InChI=1S/C24H25FN4O2S/c1-2-13-29-22(15-31-21-12-7-17-5-3-4-6-18(17)14-21)27-28-24(29)32-16-23(30)26-20-10-8-19(25)9-11-20/h2,7-12,14H,1,3-6,13,15-16H2,(H,26,30). The Morgan fingerprint density at radius 3 is 2.72 bits per heavy atom. The number of hydrogen-bond acceptors (Lipinski definition) is 5. The summed E-state index contributed by atoms with van der Waals surface area (Å²) in [7, 11) is 0. The van der Waals surface area contributed by atoms with Crippen molar-refractivity contribution in [3.05, 3.63) is 77.9 Å². The monoisotopic (exact) mass is 452 g/mol. The molecule has 2 aromatic carbocycles. The molecule has 0 atom stereocenters. The Hall–Kier alpha value is -3.13. The van der Waals surface area contributed by atoms with Crippen molar-refractivity contribution in [2.75, 3.05) is 11.1 Å². The van der Waals surface area contributed by atoms with Crippen molar-refractivity contribution in [2.45, 2.75) is 44.0 Å². The summed E-state index contributed by atoms with van der Waals surface area (Å²) in [6, 6.07) is 11.9. The van der Waals surface area contributed by atoms with E-state index in [9.17, 15) is 9.18 Å². The number of carbonyl (C=O) groups excluding carboxylic acids is 1. The van der Waals surface area contributed by atoms with Crippen LogP contribution in [0.3, 0.4) is 0 Å². The van der Waals surface area contributed by atoms with Crippen LogP contribution in [0.5, 0.6) is 5.75 Å². The molecule has 1 N–H and O–H groups in total. The molecule has 1 aliphatic carbocycles. The van der Waals surface area contributed by atoms with Crippen LogP contribution >= 0.6 is 11.8 Å². The number of amides is 1. The highest BCUT2D eigenvalue weighted by atomic mass is 32.2. The largest absolute Gasteiger partial charge is 0.486 e. The lowest BCUT2D eigenvalue weighted by molar-refractivity contribution is -0.113. The zero-order chi connectivity index (χ0) is 22.3. The van der Waals surface area contributed by atoms with E-state index in [1.807, 2.05) is 10.6 Å². The fourth-order valence-electron chi connectivity index (χ4n) is 3.65. The van der Waals surface area contributed by atoms with Gasteiger partial charge >= 0.3 is 0 Å². The van der Waals surface area contributed by atoms with E-state index in [2.05, 4.69) is 34.2 Å². The summed E-state index contributed by atoms with van der Waals surface area (Å²) in [5.41, 5.74) is 3.32. The molecule has 0 aliphatic heterocycles. The highest BCUT2D eigenvalue weighted by Crippen LogP contribution is 2.26. The van der Waals surface area contributed by atoms with Crippen LogP contribution < -0.4 is 10.1 Å². The van der Waals surface area contributed by atoms with Crippen LogP contribution in [0.25, 0.3) is 0 Å². The zero-order valence-corrected chi connectivity index (χ0v) is 18.5. The van der Waals surface area contributed by atoms with Crippen molar-refractivity contribution in [1.29, 1.82) is 0 Å². The van der Waals surface area contributed by atoms with E-state index < -0.39 is 0 Å². The van der Waals surface area contributed by atoms with Gasteiger partial charge in [0.25, 0.3) is 0 Å². The maximum absolute atomic E-state index is 13.0. The minimum absolute atomic E-state index is 0.151. The lowest BCUT2D eigenvalue weighted by Gasteiger charge is -2.16. The van der Waals surface area contributed by atoms with Crippen LogP contribution in [0.1, 0.15) is 29.8 Å². The molecule has 0 saturated heterocycles. The molecule has 0 saturated carbocycles. The Morgan fingerprint density at radius 1 is 1.16 bits per heavy atom. The lowest BCUT2D eigenvalue weighted by atomic mass is 9.92. The van der Waals surface area contributed by atoms with E-state index in [1.54, 1.807) is 6.08 Å². The summed E-state index contributed by atoms with van der Waals surface area (Å²) in [6.45, 7) is 4.60. The molecule has 0 bridgehead atoms. The van der Waals surface area contributed by atoms with Gasteiger partial charge in [0.15, 0.2) is 11.0 Å². The van der Waals surface area contributed by atoms with Crippen molar-refractivity contribution in [2.24, 2.45) is 0 Å². The fraction of sp³-hybridized carbons (Fsp3) is 0.292. The molecule has 0 fully saturated rings. The molecule has 8 heteroatoms. The first-order valence-corrected chi connectivity index (χ1v) is 11.6. The second kappa shape index (κ2) is 10.5. The second-order valence-electron chi connectivity index (χ2n) is 7.57. The van der Waals surface area contributed by atoms with Crippen molar-refractivity contribution in [3.63, 3.8) is 0 Å². The maximum atomic E-state index is 13.0. The number of allylic oxidation sites excluding steroid dienone is 1. The average Bonchev–Trinajstić information content (AvgIpc) is 3.19. The number of thioether (sulfide) groups is 1. The van der Waals surface area contributed by atoms with E-state index in [4.69, 9.17) is 4.74 Å². The minimum atomic E-state index is -0.347. The summed E-state index contributed by atoms with van der Waals surface area (Å²) >= 11 is 1.28. The summed E-state index contributed by atoms with van der Waals surface area (Å²) in [5.74, 6) is 1.09. The third-order valence-corrected chi connectivity index (χ3v) is 6.22. The Balaban J connectivity index is 1.37.